The summed E-state index contributed by atoms with van der Waals surface area (Å²) < 4.78 is 5.47. The average Bonchev–Trinajstić information content (AvgIpc) is 2.67. The van der Waals surface area contributed by atoms with Gasteiger partial charge in [0.15, 0.2) is 0 Å². The second-order valence-electron chi connectivity index (χ2n) is 7.13. The third-order valence-corrected chi connectivity index (χ3v) is 4.94. The molecule has 0 unspecified atom stereocenters. The number of rotatable bonds is 8. The van der Waals surface area contributed by atoms with Crippen molar-refractivity contribution in [1.82, 2.24) is 15.5 Å². The molecule has 0 spiro atoms. The van der Waals surface area contributed by atoms with Crippen molar-refractivity contribution in [2.75, 3.05) is 13.7 Å². The monoisotopic (exact) mass is 373 g/mol. The Kier molecular flexibility index (Phi) is 8.33. The van der Waals surface area contributed by atoms with Gasteiger partial charge >= 0.3 is 6.03 Å². The smallest absolute Gasteiger partial charge is 0.321 e. The fourth-order valence-corrected chi connectivity index (χ4v) is 3.16. The topological polar surface area (TPSA) is 70.7 Å². The maximum absolute atomic E-state index is 12.4. The van der Waals surface area contributed by atoms with E-state index < -0.39 is 12.1 Å². The number of benzene rings is 1. The summed E-state index contributed by atoms with van der Waals surface area (Å²) >= 11 is 0. The van der Waals surface area contributed by atoms with Gasteiger partial charge in [-0.25, -0.2) is 4.79 Å². The lowest BCUT2D eigenvalue weighted by molar-refractivity contribution is -0.124. The molecule has 0 aliphatic heterocycles. The lowest BCUT2D eigenvalue weighted by Crippen LogP contribution is -2.50. The zero-order chi connectivity index (χ0) is 19.6. The summed E-state index contributed by atoms with van der Waals surface area (Å²) in [5.74, 6) is 0.489. The lowest BCUT2D eigenvalue weighted by atomic mass is 9.96. The van der Waals surface area contributed by atoms with Crippen molar-refractivity contribution in [2.45, 2.75) is 57.7 Å². The van der Waals surface area contributed by atoms with Gasteiger partial charge in [-0.1, -0.05) is 44.1 Å². The third kappa shape index (κ3) is 7.06. The van der Waals surface area contributed by atoms with E-state index in [-0.39, 0.29) is 11.9 Å². The Morgan fingerprint density at radius 2 is 1.93 bits per heavy atom. The van der Waals surface area contributed by atoms with E-state index in [1.807, 2.05) is 36.2 Å². The molecule has 0 aromatic heterocycles. The van der Waals surface area contributed by atoms with Crippen LogP contribution >= 0.6 is 0 Å². The fraction of sp³-hybridized carbons (Fsp3) is 0.524. The molecule has 0 radical (unpaired) electrons. The number of urea groups is 1. The predicted molar refractivity (Wildman–Crippen MR) is 107 cm³/mol. The molecule has 1 atom stereocenters. The second-order valence-corrected chi connectivity index (χ2v) is 7.13. The molecular weight excluding hydrogens is 342 g/mol. The van der Waals surface area contributed by atoms with E-state index in [9.17, 15) is 9.59 Å². The van der Waals surface area contributed by atoms with Crippen molar-refractivity contribution in [3.05, 3.63) is 42.5 Å². The van der Waals surface area contributed by atoms with E-state index in [1.54, 1.807) is 13.0 Å². The van der Waals surface area contributed by atoms with Gasteiger partial charge < -0.3 is 10.1 Å². The van der Waals surface area contributed by atoms with E-state index in [0.717, 1.165) is 37.0 Å². The summed E-state index contributed by atoms with van der Waals surface area (Å²) in [6, 6.07) is 7.10. The zero-order valence-electron chi connectivity index (χ0n) is 16.4. The first kappa shape index (κ1) is 21.0. The van der Waals surface area contributed by atoms with Crippen LogP contribution in [0.3, 0.4) is 0 Å². The number of carbonyl (C=O) groups is 2. The highest BCUT2D eigenvalue weighted by Gasteiger charge is 2.22. The molecule has 6 nitrogen and oxygen atoms in total. The molecule has 0 saturated heterocycles. The van der Waals surface area contributed by atoms with Gasteiger partial charge in [0.1, 0.15) is 12.4 Å². The fourth-order valence-electron chi connectivity index (χ4n) is 3.16. The summed E-state index contributed by atoms with van der Waals surface area (Å²) in [7, 11) is 1.87. The Balaban J connectivity index is 1.78. The van der Waals surface area contributed by atoms with Gasteiger partial charge in [-0.3, -0.25) is 15.0 Å². The number of ether oxygens (including phenoxy) is 1. The molecule has 1 aromatic rings. The number of nitrogens with zero attached hydrogens (tertiary/aromatic N) is 1. The predicted octanol–water partition coefficient (Wildman–Crippen LogP) is 3.23. The molecule has 0 heterocycles. The standard InChI is InChI=1S/C21H31N3O3/c1-4-14-27-19-12-10-17(11-13-19)15-24(3)16(2)20(25)23-21(26)22-18-8-6-5-7-9-18/h4,10-13,16,18H,1,5-9,14-15H2,2-3H3,(H2,22,23,25,26)/t16-/m0/s1. The van der Waals surface area contributed by atoms with Crippen molar-refractivity contribution in [1.29, 1.82) is 0 Å². The van der Waals surface area contributed by atoms with Crippen LogP contribution in [-0.2, 0) is 11.3 Å². The highest BCUT2D eigenvalue weighted by Crippen LogP contribution is 2.17. The van der Waals surface area contributed by atoms with Crippen LogP contribution in [0, 0.1) is 0 Å². The lowest BCUT2D eigenvalue weighted by Gasteiger charge is -2.25. The molecule has 1 aliphatic rings. The zero-order valence-corrected chi connectivity index (χ0v) is 16.4. The molecule has 1 fully saturated rings. The molecule has 6 heteroatoms. The number of carbonyl (C=O) groups excluding carboxylic acids is 2. The van der Waals surface area contributed by atoms with Crippen molar-refractivity contribution in [3.63, 3.8) is 0 Å². The summed E-state index contributed by atoms with van der Waals surface area (Å²) in [4.78, 5) is 26.3. The quantitative estimate of drug-likeness (QED) is 0.687. The van der Waals surface area contributed by atoms with Crippen LogP contribution in [-0.4, -0.2) is 42.6 Å². The minimum Gasteiger partial charge on any atom is -0.490 e. The van der Waals surface area contributed by atoms with Crippen molar-refractivity contribution in [3.8, 4) is 5.75 Å². The molecule has 148 valence electrons. The molecule has 3 amide bonds. The minimum atomic E-state index is -0.418. The summed E-state index contributed by atoms with van der Waals surface area (Å²) in [5.41, 5.74) is 1.06. The largest absolute Gasteiger partial charge is 0.490 e. The van der Waals surface area contributed by atoms with Crippen LogP contribution in [0.1, 0.15) is 44.6 Å². The van der Waals surface area contributed by atoms with Crippen LogP contribution < -0.4 is 15.4 Å². The third-order valence-electron chi connectivity index (χ3n) is 4.94. The van der Waals surface area contributed by atoms with Gasteiger partial charge in [0.25, 0.3) is 0 Å². The second kappa shape index (κ2) is 10.7. The number of hydrogen-bond donors (Lipinski definition) is 2. The molecule has 1 aliphatic carbocycles. The van der Waals surface area contributed by atoms with Gasteiger partial charge in [-0.15, -0.1) is 0 Å². The molecule has 2 N–H and O–H groups in total. The van der Waals surface area contributed by atoms with Crippen LogP contribution in [0.25, 0.3) is 0 Å². The maximum Gasteiger partial charge on any atom is 0.321 e. The molecule has 0 bridgehead atoms. The molecule has 2 rings (SSSR count). The normalized spacial score (nSPS) is 15.8. The average molecular weight is 373 g/mol. The first-order chi connectivity index (χ1) is 13.0. The molecule has 27 heavy (non-hydrogen) atoms. The molecular formula is C21H31N3O3. The highest BCUT2D eigenvalue weighted by atomic mass is 16.5. The first-order valence-corrected chi connectivity index (χ1v) is 9.64. The van der Waals surface area contributed by atoms with Crippen molar-refractivity contribution in [2.24, 2.45) is 0 Å². The van der Waals surface area contributed by atoms with Crippen LogP contribution in [0.4, 0.5) is 4.79 Å². The Labute approximate surface area is 162 Å². The number of imide groups is 1. The van der Waals surface area contributed by atoms with Gasteiger partial charge in [0, 0.05) is 12.6 Å². The Morgan fingerprint density at radius 1 is 1.26 bits per heavy atom. The van der Waals surface area contributed by atoms with Gasteiger partial charge in [-0.05, 0) is 44.5 Å². The maximum atomic E-state index is 12.4. The van der Waals surface area contributed by atoms with Crippen LogP contribution in [0.2, 0.25) is 0 Å². The SMILES string of the molecule is C=CCOc1ccc(CN(C)[C@@H](C)C(=O)NC(=O)NC2CCCCC2)cc1. The Bertz CT molecular complexity index is 624. The number of hydrogen-bond acceptors (Lipinski definition) is 4. The summed E-state index contributed by atoms with van der Waals surface area (Å²) in [6.07, 6.45) is 7.17. The summed E-state index contributed by atoms with van der Waals surface area (Å²) in [6.45, 7) is 6.49. The van der Waals surface area contributed by atoms with Crippen LogP contribution in [0.15, 0.2) is 36.9 Å². The first-order valence-electron chi connectivity index (χ1n) is 9.64. The van der Waals surface area contributed by atoms with Crippen molar-refractivity contribution < 1.29 is 14.3 Å². The van der Waals surface area contributed by atoms with E-state index >= 15 is 0 Å². The number of nitrogens with one attached hydrogen (secondary N) is 2. The number of amides is 3. The van der Waals surface area contributed by atoms with Gasteiger partial charge in [0.05, 0.1) is 6.04 Å². The van der Waals surface area contributed by atoms with Crippen LogP contribution in [0.5, 0.6) is 5.75 Å². The minimum absolute atomic E-state index is 0.182. The Hall–Kier alpha value is -2.34. The van der Waals surface area contributed by atoms with E-state index in [4.69, 9.17) is 4.74 Å². The number of likely N-dealkylation sites (N-methyl/N-ethyl adjacent to an activating group) is 1. The van der Waals surface area contributed by atoms with E-state index in [1.165, 1.54) is 6.42 Å². The Morgan fingerprint density at radius 3 is 2.56 bits per heavy atom. The van der Waals surface area contributed by atoms with Crippen molar-refractivity contribution >= 4 is 11.9 Å². The molecule has 1 saturated carbocycles. The van der Waals surface area contributed by atoms with E-state index in [2.05, 4.69) is 17.2 Å². The summed E-state index contributed by atoms with van der Waals surface area (Å²) in [5, 5.41) is 5.37. The molecule has 1 aromatic carbocycles. The highest BCUT2D eigenvalue weighted by molar-refractivity contribution is 5.96. The van der Waals surface area contributed by atoms with Gasteiger partial charge in [0.2, 0.25) is 5.91 Å². The van der Waals surface area contributed by atoms with E-state index in [0.29, 0.717) is 13.2 Å². The van der Waals surface area contributed by atoms with Gasteiger partial charge in [-0.2, -0.15) is 0 Å².